The quantitative estimate of drug-likeness (QED) is 0.422. The Morgan fingerprint density at radius 2 is 2.20 bits per heavy atom. The first kappa shape index (κ1) is 12.4. The van der Waals surface area contributed by atoms with Crippen LogP contribution >= 0.6 is 0 Å². The van der Waals surface area contributed by atoms with Crippen molar-refractivity contribution < 1.29 is 14.7 Å². The Labute approximate surface area is 112 Å². The third-order valence-electron chi connectivity index (χ3n) is 3.00. The minimum absolute atomic E-state index is 0.146. The monoisotopic (exact) mass is 272 g/mol. The highest BCUT2D eigenvalue weighted by molar-refractivity contribution is 6.16. The van der Waals surface area contributed by atoms with E-state index in [2.05, 4.69) is 15.0 Å². The molecule has 7 heteroatoms. The molecule has 0 amide bonds. The number of benzene rings is 1. The van der Waals surface area contributed by atoms with Crippen LogP contribution in [0.25, 0.3) is 11.0 Å². The van der Waals surface area contributed by atoms with Crippen molar-refractivity contribution in [1.29, 1.82) is 0 Å². The molecule has 2 aromatic heterocycles. The van der Waals surface area contributed by atoms with Crippen LogP contribution in [-0.2, 0) is 0 Å². The number of nitrogens with one attached hydrogen (secondary N) is 1. The van der Waals surface area contributed by atoms with Gasteiger partial charge in [0.25, 0.3) is 0 Å². The first-order chi connectivity index (χ1) is 9.72. The maximum absolute atomic E-state index is 14.0. The Kier molecular flexibility index (Phi) is 2.97. The van der Waals surface area contributed by atoms with Crippen LogP contribution in [0, 0.1) is 11.0 Å². The van der Waals surface area contributed by atoms with Crippen LogP contribution < -0.4 is 5.48 Å². The number of aromatic amines is 1. The van der Waals surface area contributed by atoms with E-state index in [9.17, 15) is 14.4 Å². The van der Waals surface area contributed by atoms with Crippen LogP contribution in [0.2, 0.25) is 0 Å². The number of nitrogens with two attached hydrogens (primary N) is 1. The number of rotatable bonds is 3. The number of hydrogen-bond acceptors (Lipinski definition) is 4. The number of hydrogen-bond donors (Lipinski definition) is 2. The van der Waals surface area contributed by atoms with Gasteiger partial charge in [-0.2, -0.15) is 4.39 Å². The van der Waals surface area contributed by atoms with Crippen LogP contribution in [0.3, 0.4) is 0 Å². The van der Waals surface area contributed by atoms with Crippen molar-refractivity contribution in [3.63, 3.8) is 0 Å². The number of nitrogens with zero attached hydrogens (tertiary/aromatic N) is 2. The van der Waals surface area contributed by atoms with Gasteiger partial charge in [-0.25, -0.2) is 9.97 Å². The topological polar surface area (TPSA) is 98.3 Å². The number of ketones is 1. The molecule has 0 atom stereocenters. The second-order valence-corrected chi connectivity index (χ2v) is 4.14. The normalized spacial score (nSPS) is 10.9. The van der Waals surface area contributed by atoms with Crippen molar-refractivity contribution in [2.75, 3.05) is 0 Å². The van der Waals surface area contributed by atoms with Crippen molar-refractivity contribution in [3.05, 3.63) is 59.1 Å². The highest BCUT2D eigenvalue weighted by Gasteiger charge is 2.20. The summed E-state index contributed by atoms with van der Waals surface area (Å²) in [7, 11) is 0. The molecule has 0 saturated carbocycles. The number of carbonyl (C=O) groups excluding carboxylic acids is 1. The smallest absolute Gasteiger partial charge is 0.198 e. The molecular formula is C13H9FN4O2. The molecule has 1 aromatic carbocycles. The lowest BCUT2D eigenvalue weighted by Crippen LogP contribution is -2.70. The van der Waals surface area contributed by atoms with E-state index in [1.54, 1.807) is 0 Å². The van der Waals surface area contributed by atoms with Gasteiger partial charge in [0, 0.05) is 23.8 Å². The Morgan fingerprint density at radius 3 is 3.00 bits per heavy atom. The summed E-state index contributed by atoms with van der Waals surface area (Å²) in [6.07, 6.45) is 4.28. The van der Waals surface area contributed by atoms with Gasteiger partial charge in [0.1, 0.15) is 12.0 Å². The standard InChI is InChI=1S/C13H9FN4O2/c14-11-7(2-1-3-10(11)18-20)12(19)8-5-16-13-9(8)4-15-6-17-13/h1-6H,18H2,(H,15,16,17). The molecule has 2 heterocycles. The van der Waals surface area contributed by atoms with Crippen LogP contribution in [-0.4, -0.2) is 20.7 Å². The summed E-state index contributed by atoms with van der Waals surface area (Å²) >= 11 is 0. The molecule has 0 bridgehead atoms. The summed E-state index contributed by atoms with van der Waals surface area (Å²) in [5, 5.41) is 11.2. The Balaban J connectivity index is 2.14. The molecule has 6 nitrogen and oxygen atoms in total. The van der Waals surface area contributed by atoms with Gasteiger partial charge in [-0.05, 0) is 6.07 Å². The predicted octanol–water partition coefficient (Wildman–Crippen LogP) is 1.02. The van der Waals surface area contributed by atoms with Gasteiger partial charge in [0.15, 0.2) is 17.3 Å². The fraction of sp³-hybridized carbons (Fsp3) is 0. The first-order valence-corrected chi connectivity index (χ1v) is 5.78. The average Bonchev–Trinajstić information content (AvgIpc) is 2.91. The lowest BCUT2D eigenvalue weighted by atomic mass is 10.0. The lowest BCUT2D eigenvalue weighted by Gasteiger charge is -2.06. The van der Waals surface area contributed by atoms with Gasteiger partial charge in [0.2, 0.25) is 0 Å². The number of quaternary nitrogens is 1. The van der Waals surface area contributed by atoms with E-state index in [4.69, 9.17) is 0 Å². The molecule has 3 rings (SSSR count). The van der Waals surface area contributed by atoms with Gasteiger partial charge in [-0.15, -0.1) is 0 Å². The molecule has 0 unspecified atom stereocenters. The predicted molar refractivity (Wildman–Crippen MR) is 68.7 cm³/mol. The minimum Gasteiger partial charge on any atom is -0.630 e. The molecule has 0 aliphatic heterocycles. The van der Waals surface area contributed by atoms with Crippen LogP contribution in [0.15, 0.2) is 36.9 Å². The summed E-state index contributed by atoms with van der Waals surface area (Å²) in [5.74, 6) is -1.34. The highest BCUT2D eigenvalue weighted by atomic mass is 19.1. The van der Waals surface area contributed by atoms with Crippen LogP contribution in [0.4, 0.5) is 10.1 Å². The maximum Gasteiger partial charge on any atom is 0.198 e. The van der Waals surface area contributed by atoms with Crippen molar-refractivity contribution in [1.82, 2.24) is 15.0 Å². The molecule has 20 heavy (non-hydrogen) atoms. The third kappa shape index (κ3) is 1.85. The maximum atomic E-state index is 14.0. The summed E-state index contributed by atoms with van der Waals surface area (Å²) < 4.78 is 14.0. The zero-order chi connectivity index (χ0) is 14.1. The fourth-order valence-electron chi connectivity index (χ4n) is 2.01. The number of halogens is 1. The zero-order valence-corrected chi connectivity index (χ0v) is 10.1. The van der Waals surface area contributed by atoms with E-state index in [-0.39, 0.29) is 16.8 Å². The van der Waals surface area contributed by atoms with E-state index < -0.39 is 11.6 Å². The number of aromatic nitrogens is 3. The molecule has 0 fully saturated rings. The van der Waals surface area contributed by atoms with Crippen molar-refractivity contribution in [3.8, 4) is 0 Å². The molecule has 0 spiro atoms. The van der Waals surface area contributed by atoms with Gasteiger partial charge in [0.05, 0.1) is 11.1 Å². The molecule has 100 valence electrons. The van der Waals surface area contributed by atoms with E-state index >= 15 is 0 Å². The van der Waals surface area contributed by atoms with Gasteiger partial charge in [-0.1, -0.05) is 6.07 Å². The lowest BCUT2D eigenvalue weighted by molar-refractivity contribution is -0.499. The zero-order valence-electron chi connectivity index (χ0n) is 10.1. The molecule has 3 aromatic rings. The van der Waals surface area contributed by atoms with E-state index in [0.717, 1.165) is 0 Å². The summed E-state index contributed by atoms with van der Waals surface area (Å²) in [4.78, 5) is 23.0. The van der Waals surface area contributed by atoms with Gasteiger partial charge < -0.3 is 15.7 Å². The number of fused-ring (bicyclic) bond motifs is 1. The summed E-state index contributed by atoms with van der Waals surface area (Å²) in [5.41, 5.74) is 0.842. The Morgan fingerprint density at radius 1 is 1.35 bits per heavy atom. The van der Waals surface area contributed by atoms with Crippen molar-refractivity contribution >= 4 is 22.5 Å². The molecule has 0 saturated heterocycles. The molecule has 0 aliphatic rings. The third-order valence-corrected chi connectivity index (χ3v) is 3.00. The van der Waals surface area contributed by atoms with Crippen molar-refractivity contribution in [2.24, 2.45) is 0 Å². The van der Waals surface area contributed by atoms with Crippen LogP contribution in [0.1, 0.15) is 15.9 Å². The molecule has 0 aliphatic carbocycles. The van der Waals surface area contributed by atoms with Gasteiger partial charge in [-0.3, -0.25) is 4.79 Å². The van der Waals surface area contributed by atoms with E-state index in [1.807, 2.05) is 0 Å². The highest BCUT2D eigenvalue weighted by Crippen LogP contribution is 2.22. The largest absolute Gasteiger partial charge is 0.630 e. The first-order valence-electron chi connectivity index (χ1n) is 5.78. The second kappa shape index (κ2) is 4.80. The SMILES string of the molecule is O=C(c1cccc([NH2+][O-])c1F)c1c[nH]c2ncncc12. The Bertz CT molecular complexity index is 800. The fourth-order valence-corrected chi connectivity index (χ4v) is 2.01. The van der Waals surface area contributed by atoms with E-state index in [0.29, 0.717) is 16.5 Å². The Hall–Kier alpha value is -2.64. The molecular weight excluding hydrogens is 263 g/mol. The molecule has 3 N–H and O–H groups in total. The van der Waals surface area contributed by atoms with Gasteiger partial charge >= 0.3 is 0 Å². The number of carbonyl (C=O) groups is 1. The minimum atomic E-state index is -0.821. The molecule has 0 radical (unpaired) electrons. The average molecular weight is 272 g/mol. The second-order valence-electron chi connectivity index (χ2n) is 4.14. The summed E-state index contributed by atoms with van der Waals surface area (Å²) in [6.45, 7) is 0. The summed E-state index contributed by atoms with van der Waals surface area (Å²) in [6, 6.07) is 4.12. The van der Waals surface area contributed by atoms with Crippen LogP contribution in [0.5, 0.6) is 0 Å². The number of H-pyrrole nitrogens is 1. The van der Waals surface area contributed by atoms with E-state index in [1.165, 1.54) is 36.9 Å². The van der Waals surface area contributed by atoms with Crippen molar-refractivity contribution in [2.45, 2.75) is 0 Å².